The van der Waals surface area contributed by atoms with Crippen LogP contribution in [0, 0.1) is 17.0 Å². The van der Waals surface area contributed by atoms with Crippen molar-refractivity contribution in [3.05, 3.63) is 27.9 Å². The normalized spacial score (nSPS) is 15.8. The Morgan fingerprint density at radius 1 is 1.67 bits per heavy atom. The van der Waals surface area contributed by atoms with Crippen LogP contribution < -0.4 is 10.6 Å². The van der Waals surface area contributed by atoms with Crippen molar-refractivity contribution in [2.75, 3.05) is 18.4 Å². The Kier molecular flexibility index (Phi) is 2.51. The van der Waals surface area contributed by atoms with Gasteiger partial charge in [0.25, 0.3) is 5.69 Å². The number of nitrogens with one attached hydrogen (secondary N) is 2. The number of hydrogen-bond donors (Lipinski definition) is 2. The lowest BCUT2D eigenvalue weighted by atomic mass is 10.2. The summed E-state index contributed by atoms with van der Waals surface area (Å²) in [6.07, 6.45) is 1.52. The smallest absolute Gasteiger partial charge is 0.277 e. The summed E-state index contributed by atoms with van der Waals surface area (Å²) in [6.45, 7) is 3.44. The minimum Gasteiger partial charge on any atom is -0.365 e. The molecule has 1 saturated heterocycles. The zero-order valence-corrected chi connectivity index (χ0v) is 8.36. The second-order valence-electron chi connectivity index (χ2n) is 3.61. The van der Waals surface area contributed by atoms with Crippen LogP contribution in [0.2, 0.25) is 0 Å². The van der Waals surface area contributed by atoms with E-state index >= 15 is 0 Å². The van der Waals surface area contributed by atoms with Gasteiger partial charge in [-0.2, -0.15) is 0 Å². The molecule has 2 rings (SSSR count). The molecule has 0 bridgehead atoms. The van der Waals surface area contributed by atoms with Crippen LogP contribution in [0.15, 0.2) is 12.3 Å². The summed E-state index contributed by atoms with van der Waals surface area (Å²) < 4.78 is 0. The van der Waals surface area contributed by atoms with Gasteiger partial charge in [-0.15, -0.1) is 0 Å². The van der Waals surface area contributed by atoms with E-state index in [9.17, 15) is 10.1 Å². The highest BCUT2D eigenvalue weighted by Crippen LogP contribution is 2.20. The Labute approximate surface area is 86.9 Å². The highest BCUT2D eigenvalue weighted by atomic mass is 16.6. The molecule has 6 nitrogen and oxygen atoms in total. The predicted octanol–water partition coefficient (Wildman–Crippen LogP) is 0.682. The molecule has 0 aliphatic carbocycles. The highest BCUT2D eigenvalue weighted by molar-refractivity contribution is 5.49. The van der Waals surface area contributed by atoms with Crippen LogP contribution in [-0.2, 0) is 0 Å². The fourth-order valence-electron chi connectivity index (χ4n) is 1.39. The lowest BCUT2D eigenvalue weighted by Gasteiger charge is -2.28. The van der Waals surface area contributed by atoms with Crippen LogP contribution in [0.1, 0.15) is 5.56 Å². The molecular weight excluding hydrogens is 196 g/mol. The quantitative estimate of drug-likeness (QED) is 0.564. The predicted molar refractivity (Wildman–Crippen MR) is 55.9 cm³/mol. The lowest BCUT2D eigenvalue weighted by Crippen LogP contribution is -2.51. The number of nitro groups is 1. The van der Waals surface area contributed by atoms with E-state index in [0.29, 0.717) is 17.4 Å². The maximum Gasteiger partial charge on any atom is 0.277 e. The second-order valence-corrected chi connectivity index (χ2v) is 3.61. The molecule has 0 saturated carbocycles. The van der Waals surface area contributed by atoms with Crippen molar-refractivity contribution < 1.29 is 4.92 Å². The first-order valence-corrected chi connectivity index (χ1v) is 4.75. The van der Waals surface area contributed by atoms with Gasteiger partial charge in [0.15, 0.2) is 0 Å². The number of anilines is 1. The Morgan fingerprint density at radius 2 is 2.40 bits per heavy atom. The zero-order chi connectivity index (χ0) is 10.8. The van der Waals surface area contributed by atoms with Crippen molar-refractivity contribution in [1.82, 2.24) is 10.3 Å². The van der Waals surface area contributed by atoms with Crippen molar-refractivity contribution in [3.8, 4) is 0 Å². The number of pyridine rings is 1. The molecule has 6 heteroatoms. The third-order valence-electron chi connectivity index (χ3n) is 2.40. The molecule has 15 heavy (non-hydrogen) atoms. The Bertz CT molecular complexity index is 390. The standard InChI is InChI=1S/C9H12N4O2/c1-6-3-11-9(2-8(6)13(14)15)12-7-4-10-5-7/h2-3,7,10H,4-5H2,1H3,(H,11,12). The third kappa shape index (κ3) is 2.04. The van der Waals surface area contributed by atoms with E-state index in [0.717, 1.165) is 13.1 Å². The van der Waals surface area contributed by atoms with Gasteiger partial charge in [-0.25, -0.2) is 4.98 Å². The van der Waals surface area contributed by atoms with Crippen LogP contribution >= 0.6 is 0 Å². The first-order chi connectivity index (χ1) is 7.16. The maximum absolute atomic E-state index is 10.7. The first-order valence-electron chi connectivity index (χ1n) is 4.75. The van der Waals surface area contributed by atoms with E-state index < -0.39 is 0 Å². The molecule has 0 unspecified atom stereocenters. The molecule has 80 valence electrons. The molecule has 0 aromatic carbocycles. The SMILES string of the molecule is Cc1cnc(NC2CNC2)cc1[N+](=O)[O-]. The van der Waals surface area contributed by atoms with Crippen molar-refractivity contribution in [2.45, 2.75) is 13.0 Å². The van der Waals surface area contributed by atoms with Gasteiger partial charge in [0, 0.05) is 24.8 Å². The Balaban J connectivity index is 2.17. The van der Waals surface area contributed by atoms with Gasteiger partial charge >= 0.3 is 0 Å². The molecule has 0 atom stereocenters. The maximum atomic E-state index is 10.7. The molecule has 1 aliphatic heterocycles. The summed E-state index contributed by atoms with van der Waals surface area (Å²) in [5, 5.41) is 16.9. The summed E-state index contributed by atoms with van der Waals surface area (Å²) >= 11 is 0. The van der Waals surface area contributed by atoms with Gasteiger partial charge in [-0.3, -0.25) is 10.1 Å². The van der Waals surface area contributed by atoms with Crippen LogP contribution in [0.3, 0.4) is 0 Å². The van der Waals surface area contributed by atoms with E-state index in [-0.39, 0.29) is 10.6 Å². The van der Waals surface area contributed by atoms with Gasteiger partial charge < -0.3 is 10.6 Å². The first kappa shape index (κ1) is 9.85. The molecule has 1 fully saturated rings. The number of nitrogens with zero attached hydrogens (tertiary/aromatic N) is 2. The fourth-order valence-corrected chi connectivity index (χ4v) is 1.39. The molecule has 2 heterocycles. The van der Waals surface area contributed by atoms with E-state index in [2.05, 4.69) is 15.6 Å². The summed E-state index contributed by atoms with van der Waals surface area (Å²) in [6, 6.07) is 1.81. The summed E-state index contributed by atoms with van der Waals surface area (Å²) in [5.74, 6) is 0.568. The number of rotatable bonds is 3. The topological polar surface area (TPSA) is 80.1 Å². The Morgan fingerprint density at radius 3 is 2.93 bits per heavy atom. The van der Waals surface area contributed by atoms with Gasteiger partial charge in [0.05, 0.1) is 17.0 Å². The highest BCUT2D eigenvalue weighted by Gasteiger charge is 2.18. The van der Waals surface area contributed by atoms with Crippen LogP contribution in [0.25, 0.3) is 0 Å². The lowest BCUT2D eigenvalue weighted by molar-refractivity contribution is -0.385. The molecule has 2 N–H and O–H groups in total. The van der Waals surface area contributed by atoms with Crippen molar-refractivity contribution in [1.29, 1.82) is 0 Å². The molecule has 1 aromatic heterocycles. The van der Waals surface area contributed by atoms with E-state index in [1.54, 1.807) is 6.92 Å². The van der Waals surface area contributed by atoms with Crippen LogP contribution in [0.4, 0.5) is 11.5 Å². The molecule has 1 aliphatic rings. The monoisotopic (exact) mass is 208 g/mol. The van der Waals surface area contributed by atoms with Crippen molar-refractivity contribution in [3.63, 3.8) is 0 Å². The molecule has 0 spiro atoms. The van der Waals surface area contributed by atoms with Crippen molar-refractivity contribution in [2.24, 2.45) is 0 Å². The number of hydrogen-bond acceptors (Lipinski definition) is 5. The van der Waals surface area contributed by atoms with Crippen molar-refractivity contribution >= 4 is 11.5 Å². The fraction of sp³-hybridized carbons (Fsp3) is 0.444. The number of aryl methyl sites for hydroxylation is 1. The minimum absolute atomic E-state index is 0.111. The van der Waals surface area contributed by atoms with Gasteiger partial charge in [0.1, 0.15) is 5.82 Å². The zero-order valence-electron chi connectivity index (χ0n) is 8.36. The van der Waals surface area contributed by atoms with Gasteiger partial charge in [-0.05, 0) is 6.92 Å². The Hall–Kier alpha value is -1.69. The van der Waals surface area contributed by atoms with E-state index in [4.69, 9.17) is 0 Å². The summed E-state index contributed by atoms with van der Waals surface area (Å²) in [7, 11) is 0. The second kappa shape index (κ2) is 3.82. The van der Waals surface area contributed by atoms with Crippen LogP contribution in [0.5, 0.6) is 0 Å². The number of aromatic nitrogens is 1. The average molecular weight is 208 g/mol. The van der Waals surface area contributed by atoms with Crippen LogP contribution in [-0.4, -0.2) is 29.0 Å². The molecule has 0 amide bonds. The molecule has 0 radical (unpaired) electrons. The third-order valence-corrected chi connectivity index (χ3v) is 2.40. The van der Waals surface area contributed by atoms with E-state index in [1.807, 2.05) is 0 Å². The minimum atomic E-state index is -0.388. The van der Waals surface area contributed by atoms with E-state index in [1.165, 1.54) is 12.3 Å². The molecule has 1 aromatic rings. The largest absolute Gasteiger partial charge is 0.365 e. The summed E-state index contributed by atoms with van der Waals surface area (Å²) in [5.41, 5.74) is 0.692. The molecular formula is C9H12N4O2. The summed E-state index contributed by atoms with van der Waals surface area (Å²) in [4.78, 5) is 14.4. The average Bonchev–Trinajstić information content (AvgIpc) is 2.13. The van der Waals surface area contributed by atoms with Gasteiger partial charge in [-0.1, -0.05) is 0 Å². The van der Waals surface area contributed by atoms with Gasteiger partial charge in [0.2, 0.25) is 0 Å².